The van der Waals surface area contributed by atoms with Crippen molar-refractivity contribution in [3.8, 4) is 17.2 Å². The number of aromatic amines is 1. The number of ether oxygens (including phenoxy) is 4. The molecule has 0 saturated carbocycles. The zero-order valence-corrected chi connectivity index (χ0v) is 67.4. The summed E-state index contributed by atoms with van der Waals surface area (Å²) in [6, 6.07) is 58.2. The molecule has 22 heteroatoms. The standard InChI is InChI=1S/C24H30ClN3O2.C14H18ClN3.C12H13ClN2.C10H12O2.C7H6Cl2.C7H8O.C5H8N2.C3H5ClO.CH3/c1-17-9-11-22(12-10-17)30-16-21(29)14-27(4)15-23-18(2)26-28(19(23)3)13-20-7-5-6-8-24(20)25;1-10-13(8-16-3)11(2)18(17-10)9-12-6-4-5-7-14(12)15;1-9-7-10(2)15(14-9)8-11-5-3-4-6-12(11)13;1-8-2-4-9(5-3-8)11-6-10-7-12-10;8-5-6-3-1-2-4-7(6)9;1-6-2-4-7(8)5-3-6;1-4-3-5(2)7-6-4;4-1-3-2-5-3;/h5-12,21,29H,13-16H2,1-4H3;4-7,16H,8-9H2,1-3H3;3-7H,8H2,1-2H3;2-5,10H,6-7H2,1H3;1-4H,5H2;2-5,8H,1H3;3H,1-2H3,(H,6,7);3H,1-2H2;1H3/q;;;;;;;;-1. The van der Waals surface area contributed by atoms with Gasteiger partial charge < -0.3 is 41.9 Å². The van der Waals surface area contributed by atoms with E-state index in [2.05, 4.69) is 64.4 Å². The predicted molar refractivity (Wildman–Crippen MR) is 434 cm³/mol. The number of alkyl halides is 2. The quantitative estimate of drug-likeness (QED) is 0.0323. The molecule has 6 heterocycles. The number of benzene rings is 7. The van der Waals surface area contributed by atoms with E-state index in [4.69, 9.17) is 98.8 Å². The van der Waals surface area contributed by atoms with Gasteiger partial charge in [-0.05, 0) is 185 Å². The molecule has 0 spiro atoms. The van der Waals surface area contributed by atoms with E-state index in [9.17, 15) is 5.11 Å². The van der Waals surface area contributed by atoms with Crippen molar-refractivity contribution in [1.82, 2.24) is 49.8 Å². The number of rotatable bonds is 20. The Morgan fingerprint density at radius 3 is 1.31 bits per heavy atom. The summed E-state index contributed by atoms with van der Waals surface area (Å²) in [6.45, 7) is 29.2. The molecule has 3 atom stereocenters. The number of hydrogen-bond acceptors (Lipinski definition) is 12. The fourth-order valence-corrected chi connectivity index (χ4v) is 11.3. The van der Waals surface area contributed by atoms with Crippen LogP contribution in [0.2, 0.25) is 20.1 Å². The number of epoxide rings is 2. The van der Waals surface area contributed by atoms with Crippen molar-refractivity contribution in [2.24, 2.45) is 0 Å². The van der Waals surface area contributed by atoms with Crippen molar-refractivity contribution in [3.05, 3.63) is 305 Å². The van der Waals surface area contributed by atoms with E-state index in [0.29, 0.717) is 56.0 Å². The van der Waals surface area contributed by atoms with Crippen LogP contribution in [0.25, 0.3) is 0 Å². The molecule has 2 saturated heterocycles. The van der Waals surface area contributed by atoms with Crippen LogP contribution in [0.5, 0.6) is 17.2 Å². The number of hydrogen-bond donors (Lipinski definition) is 4. The highest BCUT2D eigenvalue weighted by atomic mass is 35.5. The number of H-pyrrole nitrogens is 1. The normalized spacial score (nSPS) is 13.0. The fourth-order valence-electron chi connectivity index (χ4n) is 10.1. The van der Waals surface area contributed by atoms with Crippen LogP contribution in [0.1, 0.15) is 95.6 Å². The molecular formula is C83H103Cl6N10O6-. The number of halogens is 6. The highest BCUT2D eigenvalue weighted by molar-refractivity contribution is 6.32. The van der Waals surface area contributed by atoms with Gasteiger partial charge in [-0.25, -0.2) is 0 Å². The largest absolute Gasteiger partial charge is 0.508 e. The molecular weight excluding hydrogens is 1450 g/mol. The third-order valence-corrected chi connectivity index (χ3v) is 18.3. The van der Waals surface area contributed by atoms with Gasteiger partial charge in [0.25, 0.3) is 0 Å². The minimum atomic E-state index is -0.574. The minimum absolute atomic E-state index is 0. The topological polar surface area (TPSA) is 181 Å². The summed E-state index contributed by atoms with van der Waals surface area (Å²) in [4.78, 5) is 2.10. The molecule has 11 aromatic rings. The van der Waals surface area contributed by atoms with Crippen molar-refractivity contribution in [2.45, 2.75) is 133 Å². The third kappa shape index (κ3) is 32.5. The van der Waals surface area contributed by atoms with Crippen molar-refractivity contribution in [3.63, 3.8) is 0 Å². The van der Waals surface area contributed by atoms with Crippen LogP contribution in [0.15, 0.2) is 182 Å². The van der Waals surface area contributed by atoms with E-state index >= 15 is 0 Å². The zero-order valence-electron chi connectivity index (χ0n) is 62.9. The van der Waals surface area contributed by atoms with E-state index < -0.39 is 6.10 Å². The van der Waals surface area contributed by atoms with Gasteiger partial charge in [0.2, 0.25) is 0 Å². The molecule has 0 amide bonds. The van der Waals surface area contributed by atoms with Gasteiger partial charge in [0, 0.05) is 79.5 Å². The number of aliphatic hydroxyl groups is 1. The molecule has 16 nitrogen and oxygen atoms in total. The summed E-state index contributed by atoms with van der Waals surface area (Å²) >= 11 is 35.1. The summed E-state index contributed by atoms with van der Waals surface area (Å²) in [6.07, 6.45) is 0.165. The lowest BCUT2D eigenvalue weighted by Crippen LogP contribution is -2.33. The second-order valence-electron chi connectivity index (χ2n) is 25.4. The third-order valence-electron chi connectivity index (χ3n) is 16.2. The summed E-state index contributed by atoms with van der Waals surface area (Å²) in [7, 11) is 3.95. The number of likely N-dealkylation sites (N-methyl/N-ethyl adjacent to an activating group) is 1. The zero-order chi connectivity index (χ0) is 75.7. The molecule has 2 aliphatic rings. The van der Waals surface area contributed by atoms with Gasteiger partial charge in [0.15, 0.2) is 0 Å². The monoisotopic (exact) mass is 1550 g/mol. The smallest absolute Gasteiger partial charge is 0.119 e. The Morgan fingerprint density at radius 1 is 0.543 bits per heavy atom. The molecule has 564 valence electrons. The highest BCUT2D eigenvalue weighted by Crippen LogP contribution is 2.24. The first-order valence-corrected chi connectivity index (χ1v) is 36.9. The van der Waals surface area contributed by atoms with Crippen molar-refractivity contribution in [1.29, 1.82) is 0 Å². The lowest BCUT2D eigenvalue weighted by atomic mass is 10.1. The number of phenolic OH excluding ortho intramolecular Hbond substituents is 1. The van der Waals surface area contributed by atoms with Crippen LogP contribution in [0, 0.1) is 83.6 Å². The van der Waals surface area contributed by atoms with E-state index in [1.807, 2.05) is 240 Å². The first kappa shape index (κ1) is 88.0. The molecule has 105 heavy (non-hydrogen) atoms. The van der Waals surface area contributed by atoms with E-state index in [1.54, 1.807) is 12.1 Å². The Kier molecular flexibility index (Phi) is 38.9. The first-order valence-electron chi connectivity index (χ1n) is 34.3. The number of aliphatic hydroxyl groups excluding tert-OH is 1. The van der Waals surface area contributed by atoms with E-state index in [1.165, 1.54) is 33.5 Å². The number of aromatic nitrogens is 8. The Balaban J connectivity index is 0.000000229. The van der Waals surface area contributed by atoms with Gasteiger partial charge in [0.1, 0.15) is 42.7 Å². The second kappa shape index (κ2) is 46.4. The number of aromatic hydroxyl groups is 1. The minimum Gasteiger partial charge on any atom is -0.508 e. The Morgan fingerprint density at radius 2 is 0.962 bits per heavy atom. The van der Waals surface area contributed by atoms with Gasteiger partial charge in [-0.15, -0.1) is 23.2 Å². The average Bonchev–Trinajstić information content (AvgIpc) is 1.69. The summed E-state index contributed by atoms with van der Waals surface area (Å²) < 4.78 is 26.9. The maximum atomic E-state index is 10.4. The number of phenols is 1. The number of aryl methyl sites for hydroxylation is 9. The van der Waals surface area contributed by atoms with Gasteiger partial charge in [-0.1, -0.05) is 172 Å². The van der Waals surface area contributed by atoms with Crippen molar-refractivity contribution < 1.29 is 29.2 Å². The van der Waals surface area contributed by atoms with E-state index in [-0.39, 0.29) is 14.0 Å². The fraction of sp³-hybridized carbons (Fsp3) is 0.337. The van der Waals surface area contributed by atoms with Gasteiger partial charge >= 0.3 is 0 Å². The summed E-state index contributed by atoms with van der Waals surface area (Å²) in [5, 5.41) is 45.8. The SMILES string of the molecule is CNCc1c(C)nn(Cc2ccccc2Cl)c1C.Cc1cc(C)[nH]n1.Cc1cc(C)n(Cc2ccccc2Cl)n1.Cc1ccc(O)cc1.Cc1ccc(OCC(O)CN(C)Cc2c(C)nn(Cc3ccccc3Cl)c2C)cc1.Cc1ccc(OCC2CO2)cc1.ClCC1CO1.ClCc1ccccc1Cl.[CH3-]. The van der Waals surface area contributed by atoms with Gasteiger partial charge in [0.05, 0.1) is 67.6 Å². The lowest BCUT2D eigenvalue weighted by molar-refractivity contribution is 0.0743. The molecule has 4 N–H and O–H groups in total. The van der Waals surface area contributed by atoms with E-state index in [0.717, 1.165) is 127 Å². The highest BCUT2D eigenvalue weighted by Gasteiger charge is 2.23. The van der Waals surface area contributed by atoms with Crippen LogP contribution in [-0.2, 0) is 48.1 Å². The Bertz CT molecular complexity index is 4250. The molecule has 13 rings (SSSR count). The number of nitrogens with one attached hydrogen (secondary N) is 2. The average molecular weight is 1550 g/mol. The molecule has 0 radical (unpaired) electrons. The maximum absolute atomic E-state index is 10.4. The molecule has 2 aliphatic heterocycles. The molecule has 0 bridgehead atoms. The number of nitrogens with zero attached hydrogens (tertiary/aromatic N) is 8. The Hall–Kier alpha value is -7.68. The van der Waals surface area contributed by atoms with Crippen LogP contribution in [0.3, 0.4) is 0 Å². The molecule has 3 unspecified atom stereocenters. The van der Waals surface area contributed by atoms with Gasteiger partial charge in [-0.2, -0.15) is 20.4 Å². The van der Waals surface area contributed by atoms with Crippen LogP contribution >= 0.6 is 69.6 Å². The lowest BCUT2D eigenvalue weighted by Gasteiger charge is -2.21. The second-order valence-corrected chi connectivity index (χ2v) is 27.6. The summed E-state index contributed by atoms with van der Waals surface area (Å²) in [5.41, 5.74) is 19.1. The van der Waals surface area contributed by atoms with Gasteiger partial charge in [-0.3, -0.25) is 24.0 Å². The molecule has 0 aliphatic carbocycles. The predicted octanol–water partition coefficient (Wildman–Crippen LogP) is 19.2. The molecule has 2 fully saturated rings. The van der Waals surface area contributed by atoms with Crippen LogP contribution in [0.4, 0.5) is 0 Å². The molecule has 4 aromatic heterocycles. The first-order chi connectivity index (χ1) is 49.8. The summed E-state index contributed by atoms with van der Waals surface area (Å²) in [5.74, 6) is 3.18. The van der Waals surface area contributed by atoms with Crippen LogP contribution < -0.4 is 14.8 Å². The van der Waals surface area contributed by atoms with Crippen molar-refractivity contribution >= 4 is 69.6 Å². The Labute approximate surface area is 652 Å². The van der Waals surface area contributed by atoms with Crippen LogP contribution in [-0.4, -0.2) is 126 Å². The maximum Gasteiger partial charge on any atom is 0.119 e. The molecule has 7 aromatic carbocycles. The van der Waals surface area contributed by atoms with Crippen molar-refractivity contribution in [2.75, 3.05) is 52.9 Å².